The van der Waals surface area contributed by atoms with Gasteiger partial charge in [0.1, 0.15) is 5.75 Å². The van der Waals surface area contributed by atoms with E-state index in [0.29, 0.717) is 0 Å². The minimum Gasteiger partial charge on any atom is -0.455 e. The first-order valence-electron chi connectivity index (χ1n) is 8.52. The molecule has 0 aromatic heterocycles. The Labute approximate surface area is 144 Å². The number of likely N-dealkylation sites (N-methyl/N-ethyl adjacent to an activating group) is 1. The molecule has 24 heavy (non-hydrogen) atoms. The first kappa shape index (κ1) is 16.8. The Morgan fingerprint density at radius 3 is 2.79 bits per heavy atom. The fourth-order valence-electron chi connectivity index (χ4n) is 3.32. The van der Waals surface area contributed by atoms with Crippen LogP contribution in [0.4, 0.5) is 5.69 Å². The van der Waals surface area contributed by atoms with Crippen molar-refractivity contribution >= 4 is 5.69 Å². The number of rotatable bonds is 5. The fraction of sp³-hybridized carbons (Fsp3) is 0.400. The van der Waals surface area contributed by atoms with Crippen molar-refractivity contribution in [2.45, 2.75) is 26.3 Å². The lowest BCUT2D eigenvalue weighted by Gasteiger charge is -2.26. The monoisotopic (exact) mass is 326 g/mol. The van der Waals surface area contributed by atoms with Gasteiger partial charge in [0.25, 0.3) is 0 Å². The van der Waals surface area contributed by atoms with Gasteiger partial charge in [0.15, 0.2) is 5.75 Å². The number of hydrogen-bond donors (Lipinski definition) is 2. The predicted molar refractivity (Wildman–Crippen MR) is 98.0 cm³/mol. The lowest BCUT2D eigenvalue weighted by molar-refractivity contribution is 0.243. The Hall–Kier alpha value is -2.04. The summed E-state index contributed by atoms with van der Waals surface area (Å²) in [5.74, 6) is 1.82. The maximum Gasteiger partial charge on any atom is 0.150 e. The van der Waals surface area contributed by atoms with Crippen molar-refractivity contribution in [2.75, 3.05) is 32.1 Å². The van der Waals surface area contributed by atoms with Crippen molar-refractivity contribution in [1.82, 2.24) is 4.90 Å². The number of ether oxygens (including phenoxy) is 1. The van der Waals surface area contributed by atoms with Crippen LogP contribution in [0.15, 0.2) is 36.4 Å². The molecule has 3 rings (SSSR count). The van der Waals surface area contributed by atoms with E-state index in [1.54, 1.807) is 0 Å². The third-order valence-corrected chi connectivity index (χ3v) is 4.44. The summed E-state index contributed by atoms with van der Waals surface area (Å²) in [6, 6.07) is 12.6. The summed E-state index contributed by atoms with van der Waals surface area (Å²) in [6.07, 6.45) is 0.788. The second-order valence-electron chi connectivity index (χ2n) is 6.63. The standard InChI is InChI=1S/C20H26N2O2/c1-14-11-15(2)20-16(12-14)18(13-22(3)9-6-10-23)21-17-7-4-5-8-19(17)24-20/h4-5,7-8,11-12,18,21,23H,6,9-10,13H2,1-3H3. The summed E-state index contributed by atoms with van der Waals surface area (Å²) in [4.78, 5) is 2.25. The van der Waals surface area contributed by atoms with Gasteiger partial charge in [0.2, 0.25) is 0 Å². The smallest absolute Gasteiger partial charge is 0.150 e. The molecule has 128 valence electrons. The van der Waals surface area contributed by atoms with E-state index in [1.807, 2.05) is 18.2 Å². The third kappa shape index (κ3) is 3.55. The number of aryl methyl sites for hydroxylation is 2. The van der Waals surface area contributed by atoms with Crippen LogP contribution in [0, 0.1) is 13.8 Å². The van der Waals surface area contributed by atoms with Crippen LogP contribution >= 0.6 is 0 Å². The summed E-state index contributed by atoms with van der Waals surface area (Å²) < 4.78 is 6.26. The van der Waals surface area contributed by atoms with Gasteiger partial charge in [0.05, 0.1) is 11.7 Å². The Morgan fingerprint density at radius 1 is 1.21 bits per heavy atom. The zero-order chi connectivity index (χ0) is 17.1. The zero-order valence-electron chi connectivity index (χ0n) is 14.7. The quantitative estimate of drug-likeness (QED) is 0.875. The highest BCUT2D eigenvalue weighted by atomic mass is 16.5. The van der Waals surface area contributed by atoms with Crippen LogP contribution in [0.3, 0.4) is 0 Å². The first-order valence-corrected chi connectivity index (χ1v) is 8.52. The summed E-state index contributed by atoms with van der Waals surface area (Å²) in [5, 5.41) is 12.7. The van der Waals surface area contributed by atoms with Crippen molar-refractivity contribution in [3.05, 3.63) is 53.1 Å². The average molecular weight is 326 g/mol. The van der Waals surface area contributed by atoms with E-state index >= 15 is 0 Å². The number of aliphatic hydroxyl groups excluding tert-OH is 1. The summed E-state index contributed by atoms with van der Waals surface area (Å²) in [5.41, 5.74) is 4.61. The molecule has 1 atom stereocenters. The molecule has 0 amide bonds. The molecule has 2 aromatic rings. The number of para-hydroxylation sites is 2. The molecule has 1 unspecified atom stereocenters. The van der Waals surface area contributed by atoms with Gasteiger partial charge in [0, 0.05) is 25.3 Å². The van der Waals surface area contributed by atoms with Crippen LogP contribution in [0.2, 0.25) is 0 Å². The molecule has 0 radical (unpaired) electrons. The molecule has 1 aliphatic rings. The third-order valence-electron chi connectivity index (χ3n) is 4.44. The average Bonchev–Trinajstić information content (AvgIpc) is 2.70. The number of benzene rings is 2. The molecule has 2 N–H and O–H groups in total. The predicted octanol–water partition coefficient (Wildman–Crippen LogP) is 3.88. The molecule has 1 aliphatic heterocycles. The minimum atomic E-state index is 0.144. The molecule has 0 fully saturated rings. The lowest BCUT2D eigenvalue weighted by atomic mass is 9.99. The van der Waals surface area contributed by atoms with Crippen molar-refractivity contribution in [2.24, 2.45) is 0 Å². The van der Waals surface area contributed by atoms with Crippen LogP contribution in [-0.2, 0) is 0 Å². The molecule has 0 saturated heterocycles. The summed E-state index contributed by atoms with van der Waals surface area (Å²) in [7, 11) is 2.09. The van der Waals surface area contributed by atoms with Gasteiger partial charge in [-0.15, -0.1) is 0 Å². The van der Waals surface area contributed by atoms with E-state index in [9.17, 15) is 0 Å². The molecular weight excluding hydrogens is 300 g/mol. The number of nitrogens with one attached hydrogen (secondary N) is 1. The molecule has 0 spiro atoms. The van der Waals surface area contributed by atoms with Crippen molar-refractivity contribution in [3.63, 3.8) is 0 Å². The molecule has 4 nitrogen and oxygen atoms in total. The molecular formula is C20H26N2O2. The topological polar surface area (TPSA) is 44.7 Å². The molecule has 0 aliphatic carbocycles. The Bertz CT molecular complexity index is 715. The molecule has 4 heteroatoms. The maximum atomic E-state index is 9.06. The number of nitrogens with zero attached hydrogens (tertiary/aromatic N) is 1. The lowest BCUT2D eigenvalue weighted by Crippen LogP contribution is -2.29. The SMILES string of the molecule is Cc1cc(C)c2c(c1)C(CN(C)CCCO)Nc1ccccc1O2. The van der Waals surface area contributed by atoms with Crippen molar-refractivity contribution in [1.29, 1.82) is 0 Å². The zero-order valence-corrected chi connectivity index (χ0v) is 14.7. The normalized spacial score (nSPS) is 16.0. The van der Waals surface area contributed by atoms with Crippen LogP contribution < -0.4 is 10.1 Å². The molecule has 1 heterocycles. The van der Waals surface area contributed by atoms with Crippen LogP contribution in [0.25, 0.3) is 0 Å². The number of fused-ring (bicyclic) bond motifs is 2. The second kappa shape index (κ2) is 7.24. The first-order chi connectivity index (χ1) is 11.6. The van der Waals surface area contributed by atoms with Crippen LogP contribution in [-0.4, -0.2) is 36.8 Å². The van der Waals surface area contributed by atoms with Gasteiger partial charge in [-0.1, -0.05) is 29.8 Å². The summed E-state index contributed by atoms with van der Waals surface area (Å²) >= 11 is 0. The highest BCUT2D eigenvalue weighted by Crippen LogP contribution is 2.42. The van der Waals surface area contributed by atoms with E-state index in [-0.39, 0.29) is 12.6 Å². The Kier molecular flexibility index (Phi) is 5.07. The van der Waals surface area contributed by atoms with Gasteiger partial charge in [-0.3, -0.25) is 0 Å². The number of hydrogen-bond acceptors (Lipinski definition) is 4. The van der Waals surface area contributed by atoms with E-state index in [0.717, 1.165) is 42.3 Å². The number of anilines is 1. The van der Waals surface area contributed by atoms with E-state index in [2.05, 4.69) is 49.3 Å². The second-order valence-corrected chi connectivity index (χ2v) is 6.63. The molecule has 0 bridgehead atoms. The Morgan fingerprint density at radius 2 is 2.00 bits per heavy atom. The summed E-state index contributed by atoms with van der Waals surface area (Å²) in [6.45, 7) is 6.18. The molecule has 0 saturated carbocycles. The van der Waals surface area contributed by atoms with Gasteiger partial charge < -0.3 is 20.1 Å². The van der Waals surface area contributed by atoms with Gasteiger partial charge >= 0.3 is 0 Å². The van der Waals surface area contributed by atoms with Crippen LogP contribution in [0.1, 0.15) is 29.2 Å². The highest BCUT2D eigenvalue weighted by molar-refractivity contribution is 5.63. The maximum absolute atomic E-state index is 9.06. The van der Waals surface area contributed by atoms with Crippen molar-refractivity contribution in [3.8, 4) is 11.5 Å². The molecule has 2 aromatic carbocycles. The number of aliphatic hydroxyl groups is 1. The highest BCUT2D eigenvalue weighted by Gasteiger charge is 2.25. The van der Waals surface area contributed by atoms with Crippen LogP contribution in [0.5, 0.6) is 11.5 Å². The van der Waals surface area contributed by atoms with Gasteiger partial charge in [-0.25, -0.2) is 0 Å². The van der Waals surface area contributed by atoms with Crippen molar-refractivity contribution < 1.29 is 9.84 Å². The van der Waals surface area contributed by atoms with Gasteiger partial charge in [-0.2, -0.15) is 0 Å². The van der Waals surface area contributed by atoms with E-state index in [1.165, 1.54) is 11.1 Å². The largest absolute Gasteiger partial charge is 0.455 e. The fourth-order valence-corrected chi connectivity index (χ4v) is 3.32. The van der Waals surface area contributed by atoms with Gasteiger partial charge in [-0.05, 0) is 45.0 Å². The minimum absolute atomic E-state index is 0.144. The van der Waals surface area contributed by atoms with E-state index in [4.69, 9.17) is 9.84 Å². The Balaban J connectivity index is 1.98. The van der Waals surface area contributed by atoms with E-state index < -0.39 is 0 Å².